The fourth-order valence-electron chi connectivity index (χ4n) is 1.89. The molecule has 2 rings (SSSR count). The SMILES string of the molecule is CCOc1cccc(C(N)c2c(Br)cnn2C)c1. The zero-order valence-electron chi connectivity index (χ0n) is 10.4. The molecule has 1 heterocycles. The summed E-state index contributed by atoms with van der Waals surface area (Å²) in [5, 5.41) is 4.18. The minimum atomic E-state index is -0.229. The Morgan fingerprint density at radius 2 is 2.28 bits per heavy atom. The molecule has 2 aromatic rings. The molecule has 0 aliphatic heterocycles. The van der Waals surface area contributed by atoms with Crippen molar-refractivity contribution in [2.45, 2.75) is 13.0 Å². The highest BCUT2D eigenvalue weighted by atomic mass is 79.9. The van der Waals surface area contributed by atoms with Crippen molar-refractivity contribution in [1.29, 1.82) is 0 Å². The first kappa shape index (κ1) is 13.1. The molecule has 4 nitrogen and oxygen atoms in total. The molecule has 0 fully saturated rings. The van der Waals surface area contributed by atoms with E-state index in [-0.39, 0.29) is 6.04 Å². The normalized spacial score (nSPS) is 12.4. The summed E-state index contributed by atoms with van der Waals surface area (Å²) in [4.78, 5) is 0. The molecular weight excluding hydrogens is 294 g/mol. The number of aromatic nitrogens is 2. The van der Waals surface area contributed by atoms with Crippen molar-refractivity contribution in [3.63, 3.8) is 0 Å². The van der Waals surface area contributed by atoms with Crippen LogP contribution in [0.2, 0.25) is 0 Å². The Bertz CT molecular complexity index is 519. The van der Waals surface area contributed by atoms with Gasteiger partial charge >= 0.3 is 0 Å². The van der Waals surface area contributed by atoms with Crippen LogP contribution in [0.4, 0.5) is 0 Å². The lowest BCUT2D eigenvalue weighted by Gasteiger charge is -2.14. The summed E-state index contributed by atoms with van der Waals surface area (Å²) in [6, 6.07) is 7.61. The first-order valence-corrected chi connectivity index (χ1v) is 6.58. The topological polar surface area (TPSA) is 53.1 Å². The van der Waals surface area contributed by atoms with Crippen LogP contribution in [0.15, 0.2) is 34.9 Å². The van der Waals surface area contributed by atoms with Crippen LogP contribution in [0.3, 0.4) is 0 Å². The summed E-state index contributed by atoms with van der Waals surface area (Å²) in [7, 11) is 1.88. The highest BCUT2D eigenvalue weighted by Crippen LogP contribution is 2.27. The van der Waals surface area contributed by atoms with Gasteiger partial charge in [-0.25, -0.2) is 0 Å². The van der Waals surface area contributed by atoms with E-state index in [0.717, 1.165) is 21.5 Å². The third-order valence-corrected chi connectivity index (χ3v) is 3.37. The van der Waals surface area contributed by atoms with Crippen molar-refractivity contribution in [2.24, 2.45) is 12.8 Å². The van der Waals surface area contributed by atoms with Gasteiger partial charge in [0.15, 0.2) is 0 Å². The fourth-order valence-corrected chi connectivity index (χ4v) is 2.49. The molecule has 1 atom stereocenters. The zero-order valence-corrected chi connectivity index (χ0v) is 12.0. The van der Waals surface area contributed by atoms with E-state index in [1.807, 2.05) is 38.2 Å². The molecular formula is C13H16BrN3O. The van der Waals surface area contributed by atoms with Gasteiger partial charge in [-0.15, -0.1) is 0 Å². The van der Waals surface area contributed by atoms with Crippen molar-refractivity contribution in [3.05, 3.63) is 46.2 Å². The Kier molecular flexibility index (Phi) is 4.04. The van der Waals surface area contributed by atoms with Crippen LogP contribution in [0.25, 0.3) is 0 Å². The third kappa shape index (κ3) is 2.57. The lowest BCUT2D eigenvalue weighted by molar-refractivity contribution is 0.339. The summed E-state index contributed by atoms with van der Waals surface area (Å²) in [5.41, 5.74) is 8.23. The second-order valence-electron chi connectivity index (χ2n) is 3.98. The summed E-state index contributed by atoms with van der Waals surface area (Å²) < 4.78 is 8.18. The van der Waals surface area contributed by atoms with Crippen LogP contribution in [0.1, 0.15) is 24.2 Å². The predicted octanol–water partition coefficient (Wildman–Crippen LogP) is 2.63. The molecule has 1 aromatic carbocycles. The number of aryl methyl sites for hydroxylation is 1. The number of halogens is 1. The molecule has 0 saturated carbocycles. The maximum Gasteiger partial charge on any atom is 0.119 e. The highest BCUT2D eigenvalue weighted by Gasteiger charge is 2.17. The molecule has 0 aliphatic carbocycles. The zero-order chi connectivity index (χ0) is 13.1. The van der Waals surface area contributed by atoms with E-state index in [2.05, 4.69) is 21.0 Å². The van der Waals surface area contributed by atoms with Gasteiger partial charge in [-0.3, -0.25) is 4.68 Å². The Morgan fingerprint density at radius 1 is 1.50 bits per heavy atom. The van der Waals surface area contributed by atoms with Crippen molar-refractivity contribution >= 4 is 15.9 Å². The fraction of sp³-hybridized carbons (Fsp3) is 0.308. The molecule has 0 spiro atoms. The van der Waals surface area contributed by atoms with Crippen LogP contribution in [-0.2, 0) is 7.05 Å². The van der Waals surface area contributed by atoms with Gasteiger partial charge in [0.05, 0.1) is 29.0 Å². The molecule has 0 bridgehead atoms. The van der Waals surface area contributed by atoms with E-state index >= 15 is 0 Å². The van der Waals surface area contributed by atoms with E-state index in [1.165, 1.54) is 0 Å². The number of nitrogens with zero attached hydrogens (tertiary/aromatic N) is 2. The third-order valence-electron chi connectivity index (χ3n) is 2.76. The highest BCUT2D eigenvalue weighted by molar-refractivity contribution is 9.10. The second-order valence-corrected chi connectivity index (χ2v) is 4.84. The number of benzene rings is 1. The van der Waals surface area contributed by atoms with Crippen LogP contribution in [-0.4, -0.2) is 16.4 Å². The Labute approximate surface area is 115 Å². The molecule has 0 saturated heterocycles. The van der Waals surface area contributed by atoms with Gasteiger partial charge in [-0.2, -0.15) is 5.10 Å². The van der Waals surface area contributed by atoms with Gasteiger partial charge < -0.3 is 10.5 Å². The molecule has 1 aromatic heterocycles. The summed E-state index contributed by atoms with van der Waals surface area (Å²) in [6.07, 6.45) is 1.75. The standard InChI is InChI=1S/C13H16BrN3O/c1-3-18-10-6-4-5-9(7-10)12(15)13-11(14)8-16-17(13)2/h4-8,12H,3,15H2,1-2H3. The molecule has 0 radical (unpaired) electrons. The lowest BCUT2D eigenvalue weighted by atomic mass is 10.0. The molecule has 0 amide bonds. The lowest BCUT2D eigenvalue weighted by Crippen LogP contribution is -2.16. The molecule has 0 aliphatic rings. The molecule has 5 heteroatoms. The van der Waals surface area contributed by atoms with Crippen LogP contribution in [0.5, 0.6) is 5.75 Å². The van der Waals surface area contributed by atoms with Crippen LogP contribution in [0, 0.1) is 0 Å². The smallest absolute Gasteiger partial charge is 0.119 e. The van der Waals surface area contributed by atoms with E-state index in [0.29, 0.717) is 6.61 Å². The van der Waals surface area contributed by atoms with Gasteiger partial charge in [-0.05, 0) is 40.5 Å². The molecule has 96 valence electrons. The minimum absolute atomic E-state index is 0.229. The summed E-state index contributed by atoms with van der Waals surface area (Å²) in [6.45, 7) is 2.61. The van der Waals surface area contributed by atoms with Crippen LogP contribution < -0.4 is 10.5 Å². The van der Waals surface area contributed by atoms with Crippen molar-refractivity contribution < 1.29 is 4.74 Å². The Hall–Kier alpha value is -1.33. The maximum atomic E-state index is 6.28. The second kappa shape index (κ2) is 5.54. The Morgan fingerprint density at radius 3 is 2.89 bits per heavy atom. The maximum absolute atomic E-state index is 6.28. The van der Waals surface area contributed by atoms with E-state index in [9.17, 15) is 0 Å². The van der Waals surface area contributed by atoms with Crippen molar-refractivity contribution in [2.75, 3.05) is 6.61 Å². The predicted molar refractivity (Wildman–Crippen MR) is 74.5 cm³/mol. The average molecular weight is 310 g/mol. The monoisotopic (exact) mass is 309 g/mol. The Balaban J connectivity index is 2.34. The first-order chi connectivity index (χ1) is 8.63. The number of rotatable bonds is 4. The summed E-state index contributed by atoms with van der Waals surface area (Å²) >= 11 is 3.47. The quantitative estimate of drug-likeness (QED) is 0.944. The number of hydrogen-bond donors (Lipinski definition) is 1. The number of nitrogens with two attached hydrogens (primary N) is 1. The molecule has 2 N–H and O–H groups in total. The van der Waals surface area contributed by atoms with Crippen molar-refractivity contribution in [3.8, 4) is 5.75 Å². The molecule has 1 unspecified atom stereocenters. The van der Waals surface area contributed by atoms with Gasteiger partial charge in [0.2, 0.25) is 0 Å². The van der Waals surface area contributed by atoms with Gasteiger partial charge in [0, 0.05) is 7.05 Å². The van der Waals surface area contributed by atoms with Gasteiger partial charge in [-0.1, -0.05) is 12.1 Å². The van der Waals surface area contributed by atoms with Crippen LogP contribution >= 0.6 is 15.9 Å². The van der Waals surface area contributed by atoms with E-state index in [4.69, 9.17) is 10.5 Å². The van der Waals surface area contributed by atoms with Gasteiger partial charge in [0.1, 0.15) is 5.75 Å². The van der Waals surface area contributed by atoms with Crippen molar-refractivity contribution in [1.82, 2.24) is 9.78 Å². The molecule has 18 heavy (non-hydrogen) atoms. The number of ether oxygens (including phenoxy) is 1. The van der Waals surface area contributed by atoms with E-state index < -0.39 is 0 Å². The largest absolute Gasteiger partial charge is 0.494 e. The number of hydrogen-bond acceptors (Lipinski definition) is 3. The average Bonchev–Trinajstić information content (AvgIpc) is 2.69. The first-order valence-electron chi connectivity index (χ1n) is 5.79. The minimum Gasteiger partial charge on any atom is -0.494 e. The van der Waals surface area contributed by atoms with Gasteiger partial charge in [0.25, 0.3) is 0 Å². The summed E-state index contributed by atoms with van der Waals surface area (Å²) in [5.74, 6) is 0.837. The van der Waals surface area contributed by atoms with E-state index in [1.54, 1.807) is 10.9 Å².